The Bertz CT molecular complexity index is 575. The molecule has 0 atom stereocenters. The number of ether oxygens (including phenoxy) is 1. The summed E-state index contributed by atoms with van der Waals surface area (Å²) >= 11 is 2.97. The molecule has 2 rings (SSSR count). The zero-order valence-corrected chi connectivity index (χ0v) is 12.5. The molecule has 0 saturated carbocycles. The van der Waals surface area contributed by atoms with Crippen molar-refractivity contribution < 1.29 is 9.53 Å². The van der Waals surface area contributed by atoms with E-state index in [2.05, 4.69) is 15.5 Å². The molecule has 0 radical (unpaired) electrons. The molecule has 0 bridgehead atoms. The summed E-state index contributed by atoms with van der Waals surface area (Å²) in [6.07, 6.45) is 0.385. The van der Waals surface area contributed by atoms with Crippen LogP contribution in [0, 0.1) is 0 Å². The molecule has 3 N–H and O–H groups in total. The second-order valence-electron chi connectivity index (χ2n) is 3.80. The number of nitrogens with one attached hydrogen (secondary N) is 1. The molecule has 0 aliphatic carbocycles. The van der Waals surface area contributed by atoms with Crippen molar-refractivity contribution >= 4 is 40.4 Å². The number of methoxy groups -OCH3 is 1. The molecule has 1 heterocycles. The van der Waals surface area contributed by atoms with E-state index in [0.717, 1.165) is 4.34 Å². The molecule has 0 fully saturated rings. The molecule has 0 saturated heterocycles. The zero-order chi connectivity index (χ0) is 14.4. The summed E-state index contributed by atoms with van der Waals surface area (Å²) in [7, 11) is 1.57. The van der Waals surface area contributed by atoms with E-state index in [1.807, 2.05) is 0 Å². The maximum Gasteiger partial charge on any atom is 0.225 e. The van der Waals surface area contributed by atoms with Gasteiger partial charge in [0.25, 0.3) is 0 Å². The van der Waals surface area contributed by atoms with Gasteiger partial charge in [-0.15, -0.1) is 10.2 Å². The molecule has 0 spiro atoms. The number of rotatable bonds is 6. The van der Waals surface area contributed by atoms with Crippen LogP contribution in [-0.2, 0) is 4.79 Å². The van der Waals surface area contributed by atoms with Gasteiger partial charge in [-0.25, -0.2) is 0 Å². The lowest BCUT2D eigenvalue weighted by Crippen LogP contribution is -2.13. The zero-order valence-electron chi connectivity index (χ0n) is 10.8. The highest BCUT2D eigenvalue weighted by Crippen LogP contribution is 2.24. The van der Waals surface area contributed by atoms with Crippen LogP contribution >= 0.6 is 23.1 Å². The highest BCUT2D eigenvalue weighted by Gasteiger charge is 2.07. The number of aromatic nitrogens is 2. The Hall–Kier alpha value is -1.80. The van der Waals surface area contributed by atoms with E-state index in [4.69, 9.17) is 10.5 Å². The SMILES string of the molecule is COc1ccc(NC(=O)CCSc2nncs2)c(N)c1. The number of anilines is 2. The number of benzene rings is 1. The van der Waals surface area contributed by atoms with E-state index >= 15 is 0 Å². The summed E-state index contributed by atoms with van der Waals surface area (Å²) in [5.74, 6) is 1.23. The number of amides is 1. The summed E-state index contributed by atoms with van der Waals surface area (Å²) in [5.41, 5.74) is 8.58. The molecule has 20 heavy (non-hydrogen) atoms. The third kappa shape index (κ3) is 4.10. The highest BCUT2D eigenvalue weighted by molar-refractivity contribution is 8.01. The molecule has 0 unspecified atom stereocenters. The minimum absolute atomic E-state index is 0.0844. The van der Waals surface area contributed by atoms with Crippen LogP contribution in [0.3, 0.4) is 0 Å². The Morgan fingerprint density at radius 3 is 3.05 bits per heavy atom. The maximum absolute atomic E-state index is 11.8. The Morgan fingerprint density at radius 1 is 1.55 bits per heavy atom. The van der Waals surface area contributed by atoms with E-state index in [-0.39, 0.29) is 5.91 Å². The first-order valence-corrected chi connectivity index (χ1v) is 7.68. The number of nitrogen functional groups attached to an aromatic ring is 1. The van der Waals surface area contributed by atoms with Crippen molar-refractivity contribution in [2.24, 2.45) is 0 Å². The fourth-order valence-corrected chi connectivity index (χ4v) is 2.95. The maximum atomic E-state index is 11.8. The Kier molecular flexibility index (Phi) is 5.19. The van der Waals surface area contributed by atoms with Gasteiger partial charge in [-0.3, -0.25) is 4.79 Å². The number of hydrogen-bond donors (Lipinski definition) is 2. The molecule has 1 amide bonds. The van der Waals surface area contributed by atoms with Gasteiger partial charge in [0.15, 0.2) is 4.34 Å². The van der Waals surface area contributed by atoms with Gasteiger partial charge in [0, 0.05) is 18.2 Å². The van der Waals surface area contributed by atoms with Crippen LogP contribution in [0.1, 0.15) is 6.42 Å². The van der Waals surface area contributed by atoms with Gasteiger partial charge in [0.2, 0.25) is 5.91 Å². The highest BCUT2D eigenvalue weighted by atomic mass is 32.2. The van der Waals surface area contributed by atoms with E-state index in [0.29, 0.717) is 29.3 Å². The standard InChI is InChI=1S/C12H14N4O2S2/c1-18-8-2-3-10(9(13)6-8)15-11(17)4-5-19-12-16-14-7-20-12/h2-3,6-7H,4-5,13H2,1H3,(H,15,17). The summed E-state index contributed by atoms with van der Waals surface area (Å²) in [4.78, 5) is 11.8. The third-order valence-electron chi connectivity index (χ3n) is 2.43. The van der Waals surface area contributed by atoms with Crippen molar-refractivity contribution in [2.45, 2.75) is 10.8 Å². The van der Waals surface area contributed by atoms with Crippen LogP contribution in [0.15, 0.2) is 28.0 Å². The number of thioether (sulfide) groups is 1. The van der Waals surface area contributed by atoms with Gasteiger partial charge in [-0.2, -0.15) is 0 Å². The van der Waals surface area contributed by atoms with Crippen molar-refractivity contribution in [3.8, 4) is 5.75 Å². The number of hydrogen-bond acceptors (Lipinski definition) is 7. The lowest BCUT2D eigenvalue weighted by atomic mass is 10.2. The lowest BCUT2D eigenvalue weighted by molar-refractivity contribution is -0.115. The fraction of sp³-hybridized carbons (Fsp3) is 0.250. The average Bonchev–Trinajstić information content (AvgIpc) is 2.94. The quantitative estimate of drug-likeness (QED) is 0.628. The summed E-state index contributed by atoms with van der Waals surface area (Å²) in [6, 6.07) is 5.15. The van der Waals surface area contributed by atoms with E-state index < -0.39 is 0 Å². The van der Waals surface area contributed by atoms with Crippen LogP contribution in [0.4, 0.5) is 11.4 Å². The van der Waals surface area contributed by atoms with Crippen LogP contribution in [-0.4, -0.2) is 29.0 Å². The number of carbonyl (C=O) groups excluding carboxylic acids is 1. The van der Waals surface area contributed by atoms with Gasteiger partial charge < -0.3 is 15.8 Å². The molecule has 1 aromatic heterocycles. The largest absolute Gasteiger partial charge is 0.497 e. The van der Waals surface area contributed by atoms with Crippen LogP contribution in [0.25, 0.3) is 0 Å². The fourth-order valence-electron chi connectivity index (χ4n) is 1.45. The molecular weight excluding hydrogens is 296 g/mol. The number of nitrogens with two attached hydrogens (primary N) is 1. The van der Waals surface area contributed by atoms with E-state index in [1.54, 1.807) is 30.8 Å². The monoisotopic (exact) mass is 310 g/mol. The average molecular weight is 310 g/mol. The van der Waals surface area contributed by atoms with Crippen molar-refractivity contribution in [3.63, 3.8) is 0 Å². The van der Waals surface area contributed by atoms with Gasteiger partial charge in [-0.1, -0.05) is 23.1 Å². The Balaban J connectivity index is 1.82. The summed E-state index contributed by atoms with van der Waals surface area (Å²) in [6.45, 7) is 0. The molecule has 0 aliphatic heterocycles. The molecule has 0 aliphatic rings. The van der Waals surface area contributed by atoms with Gasteiger partial charge in [0.1, 0.15) is 11.3 Å². The molecule has 8 heteroatoms. The summed E-state index contributed by atoms with van der Waals surface area (Å²) < 4.78 is 5.92. The van der Waals surface area contributed by atoms with Gasteiger partial charge in [0.05, 0.1) is 18.5 Å². The minimum Gasteiger partial charge on any atom is -0.497 e. The molecule has 6 nitrogen and oxygen atoms in total. The normalized spacial score (nSPS) is 10.2. The summed E-state index contributed by atoms with van der Waals surface area (Å²) in [5, 5.41) is 10.4. The predicted molar refractivity (Wildman–Crippen MR) is 81.3 cm³/mol. The van der Waals surface area contributed by atoms with Crippen molar-refractivity contribution in [1.29, 1.82) is 0 Å². The Labute approximate surface area is 124 Å². The van der Waals surface area contributed by atoms with Crippen LogP contribution in [0.5, 0.6) is 5.75 Å². The first-order chi connectivity index (χ1) is 9.69. The van der Waals surface area contributed by atoms with Crippen LogP contribution in [0.2, 0.25) is 0 Å². The van der Waals surface area contributed by atoms with E-state index in [9.17, 15) is 4.79 Å². The molecule has 106 valence electrons. The minimum atomic E-state index is -0.0844. The first kappa shape index (κ1) is 14.6. The second-order valence-corrected chi connectivity index (χ2v) is 5.98. The van der Waals surface area contributed by atoms with Gasteiger partial charge in [-0.05, 0) is 12.1 Å². The van der Waals surface area contributed by atoms with Crippen LogP contribution < -0.4 is 15.8 Å². The topological polar surface area (TPSA) is 90.1 Å². The predicted octanol–water partition coefficient (Wildman–Crippen LogP) is 2.25. The lowest BCUT2D eigenvalue weighted by Gasteiger charge is -2.09. The molecule has 1 aromatic carbocycles. The first-order valence-electron chi connectivity index (χ1n) is 5.81. The third-order valence-corrected chi connectivity index (χ3v) is 4.29. The molecular formula is C12H14N4O2S2. The second kappa shape index (κ2) is 7.11. The number of nitrogens with zero attached hydrogens (tertiary/aromatic N) is 2. The van der Waals surface area contributed by atoms with E-state index in [1.165, 1.54) is 23.1 Å². The smallest absolute Gasteiger partial charge is 0.225 e. The van der Waals surface area contributed by atoms with Crippen molar-refractivity contribution in [2.75, 3.05) is 23.9 Å². The molecule has 2 aromatic rings. The van der Waals surface area contributed by atoms with Crippen molar-refractivity contribution in [1.82, 2.24) is 10.2 Å². The van der Waals surface area contributed by atoms with Crippen molar-refractivity contribution in [3.05, 3.63) is 23.7 Å². The van der Waals surface area contributed by atoms with Gasteiger partial charge >= 0.3 is 0 Å². The Morgan fingerprint density at radius 2 is 2.40 bits per heavy atom. The number of carbonyl (C=O) groups is 1.